The number of benzene rings is 1. The van der Waals surface area contributed by atoms with Crippen molar-refractivity contribution in [2.24, 2.45) is 0 Å². The smallest absolute Gasteiger partial charge is 0.337 e. The van der Waals surface area contributed by atoms with Crippen molar-refractivity contribution in [3.63, 3.8) is 0 Å². The van der Waals surface area contributed by atoms with E-state index in [0.29, 0.717) is 4.75 Å². The Balaban J connectivity index is 2.03. The quantitative estimate of drug-likeness (QED) is 0.839. The Labute approximate surface area is 129 Å². The summed E-state index contributed by atoms with van der Waals surface area (Å²) in [5.74, 6) is -0.991. The van der Waals surface area contributed by atoms with E-state index in [1.54, 1.807) is 18.2 Å². The molecule has 5 heteroatoms. The van der Waals surface area contributed by atoms with Crippen molar-refractivity contribution >= 4 is 35.0 Å². The van der Waals surface area contributed by atoms with E-state index in [4.69, 9.17) is 16.7 Å². The van der Waals surface area contributed by atoms with Gasteiger partial charge in [0, 0.05) is 17.0 Å². The maximum Gasteiger partial charge on any atom is 0.337 e. The van der Waals surface area contributed by atoms with Crippen LogP contribution in [0, 0.1) is 0 Å². The fraction of sp³-hybridized carbons (Fsp3) is 0.533. The monoisotopic (exact) mass is 313 g/mol. The first-order chi connectivity index (χ1) is 9.56. The molecule has 0 amide bonds. The summed E-state index contributed by atoms with van der Waals surface area (Å²) in [7, 11) is 0. The second-order valence-corrected chi connectivity index (χ2v) is 6.98. The molecule has 0 spiro atoms. The molecule has 0 bridgehead atoms. The summed E-state index contributed by atoms with van der Waals surface area (Å²) in [5.41, 5.74) is 1.04. The highest BCUT2D eigenvalue weighted by molar-refractivity contribution is 8.00. The van der Waals surface area contributed by atoms with Gasteiger partial charge in [-0.05, 0) is 37.3 Å². The maximum absolute atomic E-state index is 10.9. The van der Waals surface area contributed by atoms with Crippen LogP contribution in [0.5, 0.6) is 0 Å². The minimum atomic E-state index is -0.991. The standard InChI is InChI=1S/C15H20ClNO2S/c1-20-15(7-3-2-4-8-15)10-17-11-5-6-12(14(18)19)13(16)9-11/h5-6,9,17H,2-4,7-8,10H2,1H3,(H,18,19). The summed E-state index contributed by atoms with van der Waals surface area (Å²) in [6, 6.07) is 5.04. The van der Waals surface area contributed by atoms with Crippen LogP contribution in [0.3, 0.4) is 0 Å². The van der Waals surface area contributed by atoms with Crippen molar-refractivity contribution in [2.45, 2.75) is 36.9 Å². The summed E-state index contributed by atoms with van der Waals surface area (Å²) >= 11 is 7.92. The van der Waals surface area contributed by atoms with Gasteiger partial charge in [-0.1, -0.05) is 30.9 Å². The molecular weight excluding hydrogens is 294 g/mol. The van der Waals surface area contributed by atoms with Gasteiger partial charge in [-0.15, -0.1) is 0 Å². The van der Waals surface area contributed by atoms with Gasteiger partial charge in [-0.25, -0.2) is 4.79 Å². The molecule has 2 rings (SSSR count). The van der Waals surface area contributed by atoms with Crippen LogP contribution in [-0.2, 0) is 0 Å². The number of carboxylic acids is 1. The van der Waals surface area contributed by atoms with Crippen LogP contribution in [0.2, 0.25) is 5.02 Å². The Hall–Kier alpha value is -0.870. The Morgan fingerprint density at radius 1 is 1.40 bits per heavy atom. The van der Waals surface area contributed by atoms with E-state index in [2.05, 4.69) is 11.6 Å². The Bertz CT molecular complexity index is 487. The van der Waals surface area contributed by atoms with Crippen molar-refractivity contribution < 1.29 is 9.90 Å². The number of aromatic carboxylic acids is 1. The number of halogens is 1. The van der Waals surface area contributed by atoms with Crippen molar-refractivity contribution in [3.8, 4) is 0 Å². The molecule has 3 nitrogen and oxygen atoms in total. The molecule has 1 aliphatic rings. The normalized spacial score (nSPS) is 17.7. The van der Waals surface area contributed by atoms with Crippen LogP contribution in [0.1, 0.15) is 42.5 Å². The van der Waals surface area contributed by atoms with E-state index in [1.165, 1.54) is 32.1 Å². The lowest BCUT2D eigenvalue weighted by atomic mass is 9.88. The SMILES string of the molecule is CSC1(CNc2ccc(C(=O)O)c(Cl)c2)CCCCC1. The highest BCUT2D eigenvalue weighted by atomic mass is 35.5. The van der Waals surface area contributed by atoms with Crippen molar-refractivity contribution in [1.29, 1.82) is 0 Å². The summed E-state index contributed by atoms with van der Waals surface area (Å²) in [6.45, 7) is 0.900. The molecule has 1 aliphatic carbocycles. The van der Waals surface area contributed by atoms with Gasteiger partial charge in [-0.2, -0.15) is 11.8 Å². The number of hydrogen-bond donors (Lipinski definition) is 2. The number of nitrogens with one attached hydrogen (secondary N) is 1. The van der Waals surface area contributed by atoms with E-state index < -0.39 is 5.97 Å². The molecule has 1 saturated carbocycles. The van der Waals surface area contributed by atoms with Gasteiger partial charge in [-0.3, -0.25) is 0 Å². The van der Waals surface area contributed by atoms with Crippen LogP contribution < -0.4 is 5.32 Å². The second-order valence-electron chi connectivity index (χ2n) is 5.30. The zero-order chi connectivity index (χ0) is 14.6. The van der Waals surface area contributed by atoms with Gasteiger partial charge in [0.15, 0.2) is 0 Å². The molecule has 20 heavy (non-hydrogen) atoms. The van der Waals surface area contributed by atoms with E-state index >= 15 is 0 Å². The van der Waals surface area contributed by atoms with Gasteiger partial charge >= 0.3 is 5.97 Å². The number of rotatable bonds is 5. The second kappa shape index (κ2) is 6.72. The van der Waals surface area contributed by atoms with E-state index in [1.807, 2.05) is 11.8 Å². The molecule has 0 aliphatic heterocycles. The topological polar surface area (TPSA) is 49.3 Å². The Morgan fingerprint density at radius 3 is 2.65 bits per heavy atom. The predicted molar refractivity (Wildman–Crippen MR) is 86.2 cm³/mol. The van der Waals surface area contributed by atoms with Crippen LogP contribution in [-0.4, -0.2) is 28.6 Å². The highest BCUT2D eigenvalue weighted by Gasteiger charge is 2.30. The van der Waals surface area contributed by atoms with Crippen LogP contribution in [0.15, 0.2) is 18.2 Å². The van der Waals surface area contributed by atoms with Crippen LogP contribution in [0.4, 0.5) is 5.69 Å². The van der Waals surface area contributed by atoms with Crippen molar-refractivity contribution in [3.05, 3.63) is 28.8 Å². The minimum absolute atomic E-state index is 0.148. The van der Waals surface area contributed by atoms with Crippen LogP contribution >= 0.6 is 23.4 Å². The van der Waals surface area contributed by atoms with Gasteiger partial charge in [0.25, 0.3) is 0 Å². The molecule has 1 aromatic rings. The number of anilines is 1. The zero-order valence-electron chi connectivity index (χ0n) is 11.6. The average molecular weight is 314 g/mol. The third kappa shape index (κ3) is 3.61. The lowest BCUT2D eigenvalue weighted by Crippen LogP contribution is -2.35. The maximum atomic E-state index is 10.9. The van der Waals surface area contributed by atoms with E-state index in [9.17, 15) is 4.79 Å². The van der Waals surface area contributed by atoms with E-state index in [-0.39, 0.29) is 10.6 Å². The van der Waals surface area contributed by atoms with Gasteiger partial charge in [0.2, 0.25) is 0 Å². The number of thioether (sulfide) groups is 1. The summed E-state index contributed by atoms with van der Waals surface area (Å²) in [4.78, 5) is 10.9. The zero-order valence-corrected chi connectivity index (χ0v) is 13.2. The fourth-order valence-electron chi connectivity index (χ4n) is 2.71. The third-order valence-corrected chi connectivity index (χ3v) is 5.74. The molecule has 1 aromatic carbocycles. The lowest BCUT2D eigenvalue weighted by Gasteiger charge is -2.36. The Morgan fingerprint density at radius 2 is 2.10 bits per heavy atom. The van der Waals surface area contributed by atoms with Crippen molar-refractivity contribution in [2.75, 3.05) is 18.1 Å². The summed E-state index contributed by atoms with van der Waals surface area (Å²) in [6.07, 6.45) is 8.57. The number of carbonyl (C=O) groups is 1. The molecule has 0 radical (unpaired) electrons. The van der Waals surface area contributed by atoms with Crippen LogP contribution in [0.25, 0.3) is 0 Å². The number of hydrogen-bond acceptors (Lipinski definition) is 3. The molecule has 0 unspecified atom stereocenters. The largest absolute Gasteiger partial charge is 0.478 e. The molecule has 1 fully saturated rings. The number of carboxylic acid groups (broad SMARTS) is 1. The predicted octanol–water partition coefficient (Wildman–Crippen LogP) is 4.52. The molecule has 0 heterocycles. The molecule has 0 atom stereocenters. The fourth-order valence-corrected chi connectivity index (χ4v) is 3.89. The van der Waals surface area contributed by atoms with E-state index in [0.717, 1.165) is 12.2 Å². The first-order valence-corrected chi connectivity index (χ1v) is 8.48. The van der Waals surface area contributed by atoms with Gasteiger partial charge < -0.3 is 10.4 Å². The lowest BCUT2D eigenvalue weighted by molar-refractivity contribution is 0.0697. The third-order valence-electron chi connectivity index (χ3n) is 4.01. The summed E-state index contributed by atoms with van der Waals surface area (Å²) < 4.78 is 0.302. The molecule has 2 N–H and O–H groups in total. The molecular formula is C15H20ClNO2S. The Kier molecular flexibility index (Phi) is 5.22. The average Bonchev–Trinajstić information content (AvgIpc) is 2.46. The summed E-state index contributed by atoms with van der Waals surface area (Å²) in [5, 5.41) is 12.7. The first-order valence-electron chi connectivity index (χ1n) is 6.88. The first kappa shape index (κ1) is 15.5. The van der Waals surface area contributed by atoms with Crippen molar-refractivity contribution in [1.82, 2.24) is 0 Å². The minimum Gasteiger partial charge on any atom is -0.478 e. The van der Waals surface area contributed by atoms with Gasteiger partial charge in [0.05, 0.1) is 10.6 Å². The highest BCUT2D eigenvalue weighted by Crippen LogP contribution is 2.38. The molecule has 0 saturated heterocycles. The van der Waals surface area contributed by atoms with Gasteiger partial charge in [0.1, 0.15) is 0 Å². The molecule has 110 valence electrons. The molecule has 0 aromatic heterocycles.